The molecule has 6 nitrogen and oxygen atoms in total. The predicted molar refractivity (Wildman–Crippen MR) is 258 cm³/mol. The Morgan fingerprint density at radius 2 is 0.639 bits per heavy atom. The fourth-order valence-corrected chi connectivity index (χ4v) is 9.48. The third-order valence-corrected chi connectivity index (χ3v) is 13.6. The van der Waals surface area contributed by atoms with Gasteiger partial charge >= 0.3 is 48.9 Å². The molecule has 0 saturated heterocycles. The zero-order chi connectivity index (χ0) is 43.6. The van der Waals surface area contributed by atoms with Gasteiger partial charge in [-0.3, -0.25) is 0 Å². The molecule has 0 N–H and O–H groups in total. The summed E-state index contributed by atoms with van der Waals surface area (Å²) in [5.74, 6) is 0. The van der Waals surface area contributed by atoms with E-state index in [0.717, 1.165) is 96.9 Å². The molecule has 0 amide bonds. The molecule has 0 spiro atoms. The van der Waals surface area contributed by atoms with E-state index in [1.54, 1.807) is 24.3 Å². The van der Waals surface area contributed by atoms with E-state index in [1.165, 1.54) is 127 Å². The van der Waals surface area contributed by atoms with E-state index in [0.29, 0.717) is 0 Å². The van der Waals surface area contributed by atoms with Gasteiger partial charge in [-0.15, -0.1) is 0 Å². The minimum Gasteiger partial charge on any atom is -0.744 e. The van der Waals surface area contributed by atoms with Gasteiger partial charge in [-0.1, -0.05) is 193 Å². The van der Waals surface area contributed by atoms with E-state index in [-0.39, 0.29) is 58.7 Å². The third-order valence-electron chi connectivity index (χ3n) is 12.0. The molecular weight excluding hydrogens is 922 g/mol. The molecule has 61 heavy (non-hydrogen) atoms. The van der Waals surface area contributed by atoms with Gasteiger partial charge in [0.05, 0.1) is 9.79 Å². The second-order valence-electron chi connectivity index (χ2n) is 17.3. The Kier molecular flexibility index (Phi) is 29.0. The SMILES string of the molecule is CCCCCCCCc1ccc2c(CCCCCCCC)cc(S(=O)(=O)[O-])cc2c1.CCCCCCCCc1ccc2c(CCCCCCCC)cc(S(=O)(=O)[O-])cc2c1.[Ba+2]. The summed E-state index contributed by atoms with van der Waals surface area (Å²) in [6.45, 7) is 8.88. The first-order chi connectivity index (χ1) is 28.9. The molecule has 0 aliphatic carbocycles. The minimum atomic E-state index is -4.45. The smallest absolute Gasteiger partial charge is 0.744 e. The molecule has 4 rings (SSSR count). The van der Waals surface area contributed by atoms with Crippen LogP contribution in [0.3, 0.4) is 0 Å². The number of hydrogen-bond acceptors (Lipinski definition) is 6. The monoisotopic (exact) mass is 1000 g/mol. The average molecular weight is 1000 g/mol. The van der Waals surface area contributed by atoms with Crippen LogP contribution in [-0.2, 0) is 45.9 Å². The predicted octanol–water partition coefficient (Wildman–Crippen LogP) is 14.7. The summed E-state index contributed by atoms with van der Waals surface area (Å²) < 4.78 is 70.2. The molecule has 0 bridgehead atoms. The van der Waals surface area contributed by atoms with Crippen LogP contribution in [0.2, 0.25) is 0 Å². The first-order valence-corrected chi connectivity index (χ1v) is 26.8. The van der Waals surface area contributed by atoms with Crippen LogP contribution in [0.1, 0.15) is 204 Å². The van der Waals surface area contributed by atoms with Crippen LogP contribution in [0, 0.1) is 0 Å². The molecule has 4 aromatic rings. The van der Waals surface area contributed by atoms with Gasteiger partial charge in [0, 0.05) is 0 Å². The van der Waals surface area contributed by atoms with Crippen molar-refractivity contribution in [3.8, 4) is 0 Å². The van der Waals surface area contributed by atoms with E-state index in [1.807, 2.05) is 0 Å². The zero-order valence-electron chi connectivity index (χ0n) is 38.5. The van der Waals surface area contributed by atoms with Crippen LogP contribution in [0.4, 0.5) is 0 Å². The Morgan fingerprint density at radius 1 is 0.361 bits per heavy atom. The topological polar surface area (TPSA) is 114 Å². The Balaban J connectivity index is 0.000000413. The molecule has 336 valence electrons. The molecule has 4 aromatic carbocycles. The summed E-state index contributed by atoms with van der Waals surface area (Å²) in [5.41, 5.74) is 4.43. The van der Waals surface area contributed by atoms with Crippen molar-refractivity contribution in [3.05, 3.63) is 82.9 Å². The van der Waals surface area contributed by atoms with Crippen LogP contribution in [-0.4, -0.2) is 74.8 Å². The quantitative estimate of drug-likeness (QED) is 0.0292. The molecule has 9 heteroatoms. The van der Waals surface area contributed by atoms with Crippen LogP contribution < -0.4 is 0 Å². The summed E-state index contributed by atoms with van der Waals surface area (Å²) in [6, 6.07) is 19.1. The number of rotatable bonds is 30. The van der Waals surface area contributed by atoms with Crippen molar-refractivity contribution in [2.24, 2.45) is 0 Å². The van der Waals surface area contributed by atoms with Crippen molar-refractivity contribution in [2.75, 3.05) is 0 Å². The summed E-state index contributed by atoms with van der Waals surface area (Å²) in [6.07, 6.45) is 33.0. The fourth-order valence-electron chi connectivity index (χ4n) is 8.36. The van der Waals surface area contributed by atoms with E-state index >= 15 is 0 Å². The number of unbranched alkanes of at least 4 members (excludes halogenated alkanes) is 20. The van der Waals surface area contributed by atoms with Crippen molar-refractivity contribution < 1.29 is 25.9 Å². The summed E-state index contributed by atoms with van der Waals surface area (Å²) in [7, 11) is -8.90. The van der Waals surface area contributed by atoms with Gasteiger partial charge in [-0.05, 0) is 119 Å². The maximum absolute atomic E-state index is 11.7. The van der Waals surface area contributed by atoms with Crippen molar-refractivity contribution >= 4 is 90.7 Å². The molecular formula is C52H78BaO6S2. The first-order valence-electron chi connectivity index (χ1n) is 23.9. The van der Waals surface area contributed by atoms with Gasteiger partial charge in [0.1, 0.15) is 20.2 Å². The zero-order valence-corrected chi connectivity index (χ0v) is 44.6. The summed E-state index contributed by atoms with van der Waals surface area (Å²) >= 11 is 0. The van der Waals surface area contributed by atoms with Gasteiger partial charge < -0.3 is 9.11 Å². The summed E-state index contributed by atoms with van der Waals surface area (Å²) in [5, 5.41) is 3.94. The first kappa shape index (κ1) is 55.9. The third kappa shape index (κ3) is 22.0. The molecule has 0 aromatic heterocycles. The van der Waals surface area contributed by atoms with E-state index in [2.05, 4.69) is 64.1 Å². The Labute approximate surface area is 412 Å². The van der Waals surface area contributed by atoms with Crippen LogP contribution in [0.15, 0.2) is 70.5 Å². The maximum atomic E-state index is 11.7. The van der Waals surface area contributed by atoms with Crippen molar-refractivity contribution in [1.29, 1.82) is 0 Å². The fraction of sp³-hybridized carbons (Fsp3) is 0.615. The second-order valence-corrected chi connectivity index (χ2v) is 20.0. The minimum absolute atomic E-state index is 0. The molecule has 0 fully saturated rings. The molecule has 0 atom stereocenters. The molecule has 0 unspecified atom stereocenters. The van der Waals surface area contributed by atoms with Gasteiger partial charge in [-0.25, -0.2) is 16.8 Å². The second kappa shape index (κ2) is 31.6. The number of fused-ring (bicyclic) bond motifs is 2. The van der Waals surface area contributed by atoms with E-state index in [4.69, 9.17) is 0 Å². The standard InChI is InChI=1S/2C26H40O3S.Ba/c2*1-3-5-7-9-11-13-15-22-17-18-26-23(16-14-12-10-8-6-4-2)20-25(30(27,28)29)21-24(26)19-22;/h2*17-21H,3-16H2,1-2H3,(H,27,28,29);/q;;+2/p-2. The van der Waals surface area contributed by atoms with Crippen LogP contribution >= 0.6 is 0 Å². The van der Waals surface area contributed by atoms with Gasteiger partial charge in [0.15, 0.2) is 0 Å². The molecule has 0 aliphatic heterocycles. The van der Waals surface area contributed by atoms with Gasteiger partial charge in [-0.2, -0.15) is 0 Å². The van der Waals surface area contributed by atoms with Crippen molar-refractivity contribution in [1.82, 2.24) is 0 Å². The molecule has 0 saturated carbocycles. The Hall–Kier alpha value is -1.21. The Bertz CT molecular complexity index is 1900. The van der Waals surface area contributed by atoms with Crippen LogP contribution in [0.5, 0.6) is 0 Å². The van der Waals surface area contributed by atoms with Gasteiger partial charge in [0.25, 0.3) is 0 Å². The molecule has 0 heterocycles. The van der Waals surface area contributed by atoms with Crippen LogP contribution in [0.25, 0.3) is 21.5 Å². The van der Waals surface area contributed by atoms with E-state index < -0.39 is 20.2 Å². The normalized spacial score (nSPS) is 11.8. The van der Waals surface area contributed by atoms with Crippen molar-refractivity contribution in [2.45, 2.75) is 217 Å². The number of hydrogen-bond donors (Lipinski definition) is 0. The summed E-state index contributed by atoms with van der Waals surface area (Å²) in [4.78, 5) is -0.180. The number of aryl methyl sites for hydroxylation is 4. The number of benzene rings is 4. The largest absolute Gasteiger partial charge is 2.00 e. The molecule has 0 radical (unpaired) electrons. The Morgan fingerprint density at radius 3 is 0.934 bits per heavy atom. The van der Waals surface area contributed by atoms with Crippen molar-refractivity contribution in [3.63, 3.8) is 0 Å². The van der Waals surface area contributed by atoms with E-state index in [9.17, 15) is 25.9 Å². The molecule has 0 aliphatic rings. The maximum Gasteiger partial charge on any atom is 2.00 e. The van der Waals surface area contributed by atoms with Gasteiger partial charge in [0.2, 0.25) is 0 Å². The average Bonchev–Trinajstić information content (AvgIpc) is 3.22.